The summed E-state index contributed by atoms with van der Waals surface area (Å²) in [5.74, 6) is 1.45. The number of thioether (sulfide) groups is 1. The third kappa shape index (κ3) is 4.87. The number of aryl methyl sites for hydroxylation is 2. The number of rotatable bonds is 6. The van der Waals surface area contributed by atoms with Crippen LogP contribution >= 0.6 is 11.8 Å². The average molecular weight is 479 g/mol. The number of pyridine rings is 1. The summed E-state index contributed by atoms with van der Waals surface area (Å²) in [5.41, 5.74) is 2.85. The van der Waals surface area contributed by atoms with E-state index in [1.807, 2.05) is 73.9 Å². The number of aromatic nitrogens is 2. The smallest absolute Gasteiger partial charge is 0.256 e. The van der Waals surface area contributed by atoms with Gasteiger partial charge in [0.2, 0.25) is 5.91 Å². The van der Waals surface area contributed by atoms with Gasteiger partial charge in [0, 0.05) is 43.7 Å². The Labute approximate surface area is 204 Å². The molecule has 0 N–H and O–H groups in total. The van der Waals surface area contributed by atoms with Crippen LogP contribution in [0, 0.1) is 13.8 Å². The lowest BCUT2D eigenvalue weighted by Gasteiger charge is -2.39. The van der Waals surface area contributed by atoms with Crippen molar-refractivity contribution in [2.45, 2.75) is 43.9 Å². The van der Waals surface area contributed by atoms with Gasteiger partial charge in [0.1, 0.15) is 10.8 Å². The van der Waals surface area contributed by atoms with Gasteiger partial charge in [-0.1, -0.05) is 35.5 Å². The van der Waals surface area contributed by atoms with Crippen LogP contribution in [0.4, 0.5) is 0 Å². The van der Waals surface area contributed by atoms with Crippen molar-refractivity contribution < 1.29 is 14.1 Å². The van der Waals surface area contributed by atoms with Crippen molar-refractivity contribution in [2.75, 3.05) is 26.2 Å². The number of piperazine rings is 1. The van der Waals surface area contributed by atoms with Crippen molar-refractivity contribution in [1.82, 2.24) is 19.9 Å². The van der Waals surface area contributed by atoms with E-state index in [0.29, 0.717) is 42.5 Å². The van der Waals surface area contributed by atoms with Crippen LogP contribution in [0.15, 0.2) is 58.2 Å². The lowest BCUT2D eigenvalue weighted by atomic mass is 9.83. The largest absolute Gasteiger partial charge is 0.361 e. The summed E-state index contributed by atoms with van der Waals surface area (Å²) in [6.07, 6.45) is 1.70. The Bertz CT molecular complexity index is 1150. The van der Waals surface area contributed by atoms with E-state index in [2.05, 4.69) is 10.1 Å². The maximum Gasteiger partial charge on any atom is 0.256 e. The van der Waals surface area contributed by atoms with Crippen LogP contribution in [0.1, 0.15) is 46.8 Å². The predicted molar refractivity (Wildman–Crippen MR) is 132 cm³/mol. The van der Waals surface area contributed by atoms with E-state index < -0.39 is 5.41 Å². The zero-order chi connectivity index (χ0) is 24.3. The Balaban J connectivity index is 1.41. The van der Waals surface area contributed by atoms with Crippen molar-refractivity contribution in [3.05, 3.63) is 76.8 Å². The molecule has 178 valence electrons. The molecule has 0 radical (unpaired) electrons. The van der Waals surface area contributed by atoms with Crippen LogP contribution in [0.3, 0.4) is 0 Å². The van der Waals surface area contributed by atoms with Gasteiger partial charge in [-0.15, -0.1) is 11.8 Å². The molecule has 1 aromatic carbocycles. The van der Waals surface area contributed by atoms with Crippen molar-refractivity contribution in [3.63, 3.8) is 0 Å². The highest BCUT2D eigenvalue weighted by molar-refractivity contribution is 7.98. The molecule has 0 spiro atoms. The number of nitrogens with zero attached hydrogens (tertiary/aromatic N) is 4. The van der Waals surface area contributed by atoms with Gasteiger partial charge in [0.25, 0.3) is 5.91 Å². The first-order valence-electron chi connectivity index (χ1n) is 11.4. The molecule has 3 aromatic rings. The highest BCUT2D eigenvalue weighted by atomic mass is 32.2. The number of hydrogen-bond acceptors (Lipinski definition) is 6. The Morgan fingerprint density at radius 1 is 1.00 bits per heavy atom. The summed E-state index contributed by atoms with van der Waals surface area (Å²) in [6.45, 7) is 9.75. The normalized spacial score (nSPS) is 14.4. The molecule has 34 heavy (non-hydrogen) atoms. The molecular formula is C26H30N4O3S. The van der Waals surface area contributed by atoms with Crippen LogP contribution in [0.25, 0.3) is 0 Å². The van der Waals surface area contributed by atoms with Gasteiger partial charge in [-0.3, -0.25) is 9.59 Å². The number of carbonyl (C=O) groups excluding carboxylic acids is 2. The maximum atomic E-state index is 13.3. The SMILES string of the molecule is Cc1noc(C)c1CSc1ncccc1C(=O)N1CCN(C(=O)C(C)(C)c2ccccc2)CC1. The molecule has 0 atom stereocenters. The third-order valence-electron chi connectivity index (χ3n) is 6.42. The Morgan fingerprint density at radius 2 is 1.68 bits per heavy atom. The highest BCUT2D eigenvalue weighted by Gasteiger charge is 2.36. The van der Waals surface area contributed by atoms with Gasteiger partial charge in [0.15, 0.2) is 0 Å². The topological polar surface area (TPSA) is 79.5 Å². The van der Waals surface area contributed by atoms with Gasteiger partial charge >= 0.3 is 0 Å². The first-order chi connectivity index (χ1) is 16.3. The Kier molecular flexibility index (Phi) is 7.07. The molecule has 8 heteroatoms. The van der Waals surface area contributed by atoms with Crippen LogP contribution in [-0.4, -0.2) is 57.9 Å². The highest BCUT2D eigenvalue weighted by Crippen LogP contribution is 2.29. The van der Waals surface area contributed by atoms with Crippen LogP contribution in [0.5, 0.6) is 0 Å². The van der Waals surface area contributed by atoms with Crippen LogP contribution < -0.4 is 0 Å². The minimum absolute atomic E-state index is 0.0521. The molecule has 0 aliphatic carbocycles. The van der Waals surface area contributed by atoms with Crippen molar-refractivity contribution in [1.29, 1.82) is 0 Å². The van der Waals surface area contributed by atoms with E-state index >= 15 is 0 Å². The van der Waals surface area contributed by atoms with Gasteiger partial charge in [0.05, 0.1) is 16.7 Å². The summed E-state index contributed by atoms with van der Waals surface area (Å²) in [4.78, 5) is 34.8. The molecule has 1 fully saturated rings. The van der Waals surface area contributed by atoms with Crippen molar-refractivity contribution in [3.8, 4) is 0 Å². The lowest BCUT2D eigenvalue weighted by Crippen LogP contribution is -2.54. The molecular weight excluding hydrogens is 448 g/mol. The molecule has 1 saturated heterocycles. The van der Waals surface area contributed by atoms with Crippen molar-refractivity contribution >= 4 is 23.6 Å². The molecule has 7 nitrogen and oxygen atoms in total. The second-order valence-electron chi connectivity index (χ2n) is 9.02. The number of amides is 2. The second-order valence-corrected chi connectivity index (χ2v) is 9.99. The monoisotopic (exact) mass is 478 g/mol. The van der Waals surface area contributed by atoms with E-state index in [4.69, 9.17) is 4.52 Å². The molecule has 0 unspecified atom stereocenters. The van der Waals surface area contributed by atoms with E-state index in [1.165, 1.54) is 11.8 Å². The summed E-state index contributed by atoms with van der Waals surface area (Å²) in [5, 5.41) is 4.69. The van der Waals surface area contributed by atoms with Crippen molar-refractivity contribution in [2.24, 2.45) is 0 Å². The molecule has 4 rings (SSSR count). The fourth-order valence-electron chi connectivity index (χ4n) is 4.17. The predicted octanol–water partition coefficient (Wildman–Crippen LogP) is 4.24. The molecule has 1 aliphatic heterocycles. The van der Waals surface area contributed by atoms with Gasteiger partial charge in [-0.25, -0.2) is 4.98 Å². The minimum Gasteiger partial charge on any atom is -0.361 e. The van der Waals surface area contributed by atoms with E-state index in [9.17, 15) is 9.59 Å². The molecule has 2 amide bonds. The molecule has 1 aliphatic rings. The van der Waals surface area contributed by atoms with E-state index in [-0.39, 0.29) is 11.8 Å². The standard InChI is InChI=1S/C26H30N4O3S/c1-18-22(19(2)33-28-18)17-34-23-21(11-8-12-27-23)24(31)29-13-15-30(16-14-29)25(32)26(3,4)20-9-6-5-7-10-20/h5-12H,13-17H2,1-4H3. The molecule has 0 saturated carbocycles. The zero-order valence-electron chi connectivity index (χ0n) is 20.1. The molecule has 2 aromatic heterocycles. The van der Waals surface area contributed by atoms with E-state index in [1.54, 1.807) is 12.3 Å². The van der Waals surface area contributed by atoms with E-state index in [0.717, 1.165) is 22.6 Å². The summed E-state index contributed by atoms with van der Waals surface area (Å²) in [6, 6.07) is 13.4. The first-order valence-corrected chi connectivity index (χ1v) is 12.4. The van der Waals surface area contributed by atoms with Gasteiger partial charge in [-0.05, 0) is 45.4 Å². The first kappa shape index (κ1) is 24.0. The molecule has 3 heterocycles. The van der Waals surface area contributed by atoms with Gasteiger partial charge < -0.3 is 14.3 Å². The van der Waals surface area contributed by atoms with Crippen LogP contribution in [0.2, 0.25) is 0 Å². The summed E-state index contributed by atoms with van der Waals surface area (Å²) < 4.78 is 5.25. The zero-order valence-corrected chi connectivity index (χ0v) is 20.9. The molecule has 0 bridgehead atoms. The second kappa shape index (κ2) is 10.0. The lowest BCUT2D eigenvalue weighted by molar-refractivity contribution is -0.137. The Hall–Kier alpha value is -3.13. The quantitative estimate of drug-likeness (QED) is 0.493. The number of hydrogen-bond donors (Lipinski definition) is 0. The summed E-state index contributed by atoms with van der Waals surface area (Å²) in [7, 11) is 0. The number of benzene rings is 1. The van der Waals surface area contributed by atoms with Crippen LogP contribution in [-0.2, 0) is 16.0 Å². The average Bonchev–Trinajstić information content (AvgIpc) is 3.19. The third-order valence-corrected chi connectivity index (χ3v) is 7.45. The Morgan fingerprint density at radius 3 is 2.32 bits per heavy atom. The maximum absolute atomic E-state index is 13.3. The number of carbonyl (C=O) groups is 2. The summed E-state index contributed by atoms with van der Waals surface area (Å²) >= 11 is 1.51. The van der Waals surface area contributed by atoms with Gasteiger partial charge in [-0.2, -0.15) is 0 Å². The minimum atomic E-state index is -0.612. The fourth-order valence-corrected chi connectivity index (χ4v) is 5.31. The fraction of sp³-hybridized carbons (Fsp3) is 0.385.